The van der Waals surface area contributed by atoms with Gasteiger partial charge in [0.25, 0.3) is 5.91 Å². The van der Waals surface area contributed by atoms with E-state index in [-0.39, 0.29) is 11.9 Å². The Hall–Kier alpha value is -3.28. The molecule has 28 heavy (non-hydrogen) atoms. The number of benzene rings is 2. The minimum atomic E-state index is -0.148. The SMILES string of the molecule is COc1ccccc1OC[C@@H](C)NC(=O)c1ccc(Cn2ccnc2C)cc1. The number of hydrogen-bond donors (Lipinski definition) is 1. The summed E-state index contributed by atoms with van der Waals surface area (Å²) in [7, 11) is 1.60. The molecule has 0 radical (unpaired) electrons. The molecule has 0 fully saturated rings. The molecule has 1 N–H and O–H groups in total. The molecule has 0 spiro atoms. The van der Waals surface area contributed by atoms with E-state index in [0.717, 1.165) is 17.9 Å². The van der Waals surface area contributed by atoms with E-state index >= 15 is 0 Å². The summed E-state index contributed by atoms with van der Waals surface area (Å²) in [6.45, 7) is 4.96. The number of ether oxygens (including phenoxy) is 2. The number of nitrogens with one attached hydrogen (secondary N) is 1. The highest BCUT2D eigenvalue weighted by Gasteiger charge is 2.12. The van der Waals surface area contributed by atoms with Crippen molar-refractivity contribution in [3.05, 3.63) is 77.9 Å². The lowest BCUT2D eigenvalue weighted by molar-refractivity contribution is 0.0926. The van der Waals surface area contributed by atoms with Gasteiger partial charge in [-0.05, 0) is 43.7 Å². The summed E-state index contributed by atoms with van der Waals surface area (Å²) in [6, 6.07) is 14.9. The Labute approximate surface area is 165 Å². The first kappa shape index (κ1) is 19.5. The number of aryl methyl sites for hydroxylation is 1. The molecular weight excluding hydrogens is 354 g/mol. The van der Waals surface area contributed by atoms with Gasteiger partial charge in [-0.2, -0.15) is 0 Å². The van der Waals surface area contributed by atoms with Crippen molar-refractivity contribution in [3.8, 4) is 11.5 Å². The molecule has 2 aromatic carbocycles. The Morgan fingerprint density at radius 1 is 1.14 bits per heavy atom. The summed E-state index contributed by atoms with van der Waals surface area (Å²) in [4.78, 5) is 16.7. The van der Waals surface area contributed by atoms with Crippen molar-refractivity contribution in [3.63, 3.8) is 0 Å². The Morgan fingerprint density at radius 2 is 1.86 bits per heavy atom. The Bertz CT molecular complexity index is 919. The summed E-state index contributed by atoms with van der Waals surface area (Å²) >= 11 is 0. The molecular formula is C22H25N3O3. The standard InChI is InChI=1S/C22H25N3O3/c1-16(15-28-21-7-5-4-6-20(21)27-3)24-22(26)19-10-8-18(9-11-19)14-25-13-12-23-17(25)2/h4-13,16H,14-15H2,1-3H3,(H,24,26)/t16-/m1/s1. The van der Waals surface area contributed by atoms with Gasteiger partial charge in [0.05, 0.1) is 13.2 Å². The molecule has 0 aliphatic rings. The van der Waals surface area contributed by atoms with Crippen LogP contribution in [-0.2, 0) is 6.54 Å². The van der Waals surface area contributed by atoms with Crippen molar-refractivity contribution in [1.29, 1.82) is 0 Å². The van der Waals surface area contributed by atoms with Crippen LogP contribution in [0.5, 0.6) is 11.5 Å². The van der Waals surface area contributed by atoms with Crippen LogP contribution in [0.4, 0.5) is 0 Å². The average Bonchev–Trinajstić information content (AvgIpc) is 3.11. The lowest BCUT2D eigenvalue weighted by atomic mass is 10.1. The molecule has 0 unspecified atom stereocenters. The predicted molar refractivity (Wildman–Crippen MR) is 108 cm³/mol. The van der Waals surface area contributed by atoms with E-state index in [4.69, 9.17) is 9.47 Å². The van der Waals surface area contributed by atoms with Gasteiger partial charge in [-0.25, -0.2) is 4.98 Å². The highest BCUT2D eigenvalue weighted by Crippen LogP contribution is 2.25. The second-order valence-corrected chi connectivity index (χ2v) is 6.64. The number of imidazole rings is 1. The fraction of sp³-hybridized carbons (Fsp3) is 0.273. The van der Waals surface area contributed by atoms with E-state index in [1.807, 2.05) is 68.6 Å². The van der Waals surface area contributed by atoms with Crippen molar-refractivity contribution in [1.82, 2.24) is 14.9 Å². The first-order valence-corrected chi connectivity index (χ1v) is 9.20. The third kappa shape index (κ3) is 4.91. The molecule has 3 aromatic rings. The second kappa shape index (κ2) is 9.08. The number of carbonyl (C=O) groups excluding carboxylic acids is 1. The van der Waals surface area contributed by atoms with Gasteiger partial charge in [0, 0.05) is 24.5 Å². The maximum atomic E-state index is 12.5. The maximum absolute atomic E-state index is 12.5. The Balaban J connectivity index is 1.53. The average molecular weight is 379 g/mol. The van der Waals surface area contributed by atoms with Crippen LogP contribution in [0.1, 0.15) is 28.7 Å². The summed E-state index contributed by atoms with van der Waals surface area (Å²) in [5.41, 5.74) is 1.74. The zero-order chi connectivity index (χ0) is 19.9. The quantitative estimate of drug-likeness (QED) is 0.651. The fourth-order valence-corrected chi connectivity index (χ4v) is 2.83. The molecule has 0 aliphatic heterocycles. The van der Waals surface area contributed by atoms with E-state index in [1.165, 1.54) is 0 Å². The van der Waals surface area contributed by atoms with E-state index in [9.17, 15) is 4.79 Å². The van der Waals surface area contributed by atoms with Gasteiger partial charge in [-0.3, -0.25) is 4.79 Å². The van der Waals surface area contributed by atoms with Crippen molar-refractivity contribution < 1.29 is 14.3 Å². The fourth-order valence-electron chi connectivity index (χ4n) is 2.83. The van der Waals surface area contributed by atoms with Gasteiger partial charge in [0.15, 0.2) is 11.5 Å². The topological polar surface area (TPSA) is 65.4 Å². The predicted octanol–water partition coefficient (Wildman–Crippen LogP) is 3.45. The number of nitrogens with zero attached hydrogens (tertiary/aromatic N) is 2. The van der Waals surface area contributed by atoms with Crippen LogP contribution in [0.2, 0.25) is 0 Å². The van der Waals surface area contributed by atoms with Crippen molar-refractivity contribution in [2.75, 3.05) is 13.7 Å². The minimum Gasteiger partial charge on any atom is -0.493 e. The molecule has 6 heteroatoms. The third-order valence-electron chi connectivity index (χ3n) is 4.43. The molecule has 3 rings (SSSR count). The zero-order valence-corrected chi connectivity index (χ0v) is 16.4. The third-order valence-corrected chi connectivity index (χ3v) is 4.43. The first-order chi connectivity index (χ1) is 13.6. The molecule has 0 aliphatic carbocycles. The summed E-state index contributed by atoms with van der Waals surface area (Å²) in [6.07, 6.45) is 3.73. The van der Waals surface area contributed by atoms with E-state index in [0.29, 0.717) is 23.7 Å². The van der Waals surface area contributed by atoms with Gasteiger partial charge in [0.1, 0.15) is 12.4 Å². The van der Waals surface area contributed by atoms with Crippen LogP contribution in [-0.4, -0.2) is 35.2 Å². The van der Waals surface area contributed by atoms with Crippen molar-refractivity contribution in [2.24, 2.45) is 0 Å². The smallest absolute Gasteiger partial charge is 0.251 e. The summed E-state index contributed by atoms with van der Waals surface area (Å²) < 4.78 is 13.1. The van der Waals surface area contributed by atoms with Crippen LogP contribution in [0.15, 0.2) is 60.9 Å². The lowest BCUT2D eigenvalue weighted by Gasteiger charge is -2.16. The number of rotatable bonds is 8. The maximum Gasteiger partial charge on any atom is 0.251 e. The van der Waals surface area contributed by atoms with E-state index in [1.54, 1.807) is 13.3 Å². The normalized spacial score (nSPS) is 11.7. The molecule has 6 nitrogen and oxygen atoms in total. The molecule has 0 saturated heterocycles. The Kier molecular flexibility index (Phi) is 6.32. The molecule has 0 bridgehead atoms. The Morgan fingerprint density at radius 3 is 2.50 bits per heavy atom. The summed E-state index contributed by atoms with van der Waals surface area (Å²) in [5.74, 6) is 2.17. The van der Waals surface area contributed by atoms with Gasteiger partial charge >= 0.3 is 0 Å². The summed E-state index contributed by atoms with van der Waals surface area (Å²) in [5, 5.41) is 2.96. The van der Waals surface area contributed by atoms with Crippen molar-refractivity contribution >= 4 is 5.91 Å². The monoisotopic (exact) mass is 379 g/mol. The number of hydrogen-bond acceptors (Lipinski definition) is 4. The number of para-hydroxylation sites is 2. The molecule has 1 aromatic heterocycles. The van der Waals surface area contributed by atoms with E-state index < -0.39 is 0 Å². The van der Waals surface area contributed by atoms with Gasteiger partial charge in [0.2, 0.25) is 0 Å². The number of methoxy groups -OCH3 is 1. The van der Waals surface area contributed by atoms with Crippen LogP contribution in [0.3, 0.4) is 0 Å². The molecule has 1 atom stereocenters. The number of aromatic nitrogens is 2. The second-order valence-electron chi connectivity index (χ2n) is 6.64. The van der Waals surface area contributed by atoms with Gasteiger partial charge in [-0.1, -0.05) is 24.3 Å². The van der Waals surface area contributed by atoms with Gasteiger partial charge in [-0.15, -0.1) is 0 Å². The first-order valence-electron chi connectivity index (χ1n) is 9.20. The van der Waals surface area contributed by atoms with Crippen LogP contribution < -0.4 is 14.8 Å². The van der Waals surface area contributed by atoms with Crippen LogP contribution in [0, 0.1) is 6.92 Å². The van der Waals surface area contributed by atoms with Crippen LogP contribution in [0.25, 0.3) is 0 Å². The van der Waals surface area contributed by atoms with Gasteiger partial charge < -0.3 is 19.4 Å². The number of carbonyl (C=O) groups is 1. The van der Waals surface area contributed by atoms with E-state index in [2.05, 4.69) is 14.9 Å². The highest BCUT2D eigenvalue weighted by molar-refractivity contribution is 5.94. The van der Waals surface area contributed by atoms with Crippen LogP contribution >= 0.6 is 0 Å². The lowest BCUT2D eigenvalue weighted by Crippen LogP contribution is -2.36. The molecule has 146 valence electrons. The zero-order valence-electron chi connectivity index (χ0n) is 16.4. The largest absolute Gasteiger partial charge is 0.493 e. The van der Waals surface area contributed by atoms with Crippen molar-refractivity contribution in [2.45, 2.75) is 26.4 Å². The highest BCUT2D eigenvalue weighted by atomic mass is 16.5. The molecule has 1 heterocycles. The molecule has 1 amide bonds. The molecule has 0 saturated carbocycles. The minimum absolute atomic E-state index is 0.124. The number of amides is 1.